The topological polar surface area (TPSA) is 21.3 Å². The summed E-state index contributed by atoms with van der Waals surface area (Å²) in [4.78, 5) is 0. The summed E-state index contributed by atoms with van der Waals surface area (Å²) in [5, 5.41) is 3.49. The van der Waals surface area contributed by atoms with Crippen LogP contribution in [0.1, 0.15) is 23.5 Å². The van der Waals surface area contributed by atoms with Gasteiger partial charge in [-0.05, 0) is 49.4 Å². The van der Waals surface area contributed by atoms with Crippen molar-refractivity contribution in [3.05, 3.63) is 29.3 Å². The zero-order valence-electron chi connectivity index (χ0n) is 9.53. The monoisotopic (exact) mass is 239 g/mol. The number of fused-ring (bicyclic) bond motifs is 3. The number of hydrogen-bond donors (Lipinski definition) is 1. The first kappa shape index (κ1) is 11.7. The number of ether oxygens (including phenoxy) is 1. The molecular formula is C13H18ClNO. The summed E-state index contributed by atoms with van der Waals surface area (Å²) < 4.78 is 5.49. The van der Waals surface area contributed by atoms with Gasteiger partial charge < -0.3 is 10.1 Å². The second-order valence-corrected chi connectivity index (χ2v) is 4.60. The van der Waals surface area contributed by atoms with Crippen LogP contribution in [0.2, 0.25) is 0 Å². The maximum absolute atomic E-state index is 5.49. The molecule has 1 aromatic carbocycles. The molecule has 0 spiro atoms. The van der Waals surface area contributed by atoms with E-state index in [9.17, 15) is 0 Å². The van der Waals surface area contributed by atoms with Crippen molar-refractivity contribution < 1.29 is 4.74 Å². The van der Waals surface area contributed by atoms with Crippen LogP contribution in [0.3, 0.4) is 0 Å². The molecule has 1 saturated heterocycles. The molecule has 2 aliphatic rings. The maximum Gasteiger partial charge on any atom is 0.122 e. The van der Waals surface area contributed by atoms with Crippen molar-refractivity contribution in [2.24, 2.45) is 5.92 Å². The number of rotatable bonds is 1. The van der Waals surface area contributed by atoms with Gasteiger partial charge >= 0.3 is 0 Å². The fourth-order valence-electron chi connectivity index (χ4n) is 3.17. The van der Waals surface area contributed by atoms with Crippen molar-refractivity contribution in [1.29, 1.82) is 0 Å². The molecular weight excluding hydrogens is 222 g/mol. The molecule has 1 N–H and O–H groups in total. The summed E-state index contributed by atoms with van der Waals surface area (Å²) in [6.45, 7) is 2.32. The predicted molar refractivity (Wildman–Crippen MR) is 67.7 cm³/mol. The van der Waals surface area contributed by atoms with Gasteiger partial charge in [0.1, 0.15) is 5.75 Å². The van der Waals surface area contributed by atoms with Gasteiger partial charge in [-0.3, -0.25) is 0 Å². The van der Waals surface area contributed by atoms with E-state index in [0.29, 0.717) is 0 Å². The summed E-state index contributed by atoms with van der Waals surface area (Å²) in [6.07, 6.45) is 2.49. The van der Waals surface area contributed by atoms with E-state index in [1.807, 2.05) is 0 Å². The number of piperidine rings is 1. The third kappa shape index (κ3) is 1.70. The smallest absolute Gasteiger partial charge is 0.122 e. The molecule has 0 radical (unpaired) electrons. The van der Waals surface area contributed by atoms with Crippen LogP contribution in [0.15, 0.2) is 18.2 Å². The zero-order chi connectivity index (χ0) is 10.3. The van der Waals surface area contributed by atoms with Crippen molar-refractivity contribution in [3.8, 4) is 5.75 Å². The SMILES string of the molecule is COc1cccc2c1[C@@H]1CCNC[C@H]1C2.Cl. The molecule has 0 aromatic heterocycles. The van der Waals surface area contributed by atoms with E-state index in [-0.39, 0.29) is 12.4 Å². The highest BCUT2D eigenvalue weighted by atomic mass is 35.5. The number of benzene rings is 1. The quantitative estimate of drug-likeness (QED) is 0.813. The van der Waals surface area contributed by atoms with Gasteiger partial charge in [0.05, 0.1) is 7.11 Å². The molecule has 1 fully saturated rings. The second kappa shape index (κ2) is 4.64. The van der Waals surface area contributed by atoms with Gasteiger partial charge in [0.15, 0.2) is 0 Å². The Hall–Kier alpha value is -0.730. The van der Waals surface area contributed by atoms with Gasteiger partial charge in [-0.15, -0.1) is 12.4 Å². The zero-order valence-corrected chi connectivity index (χ0v) is 10.3. The molecule has 1 heterocycles. The number of halogens is 1. The third-order valence-electron chi connectivity index (χ3n) is 3.84. The van der Waals surface area contributed by atoms with Crippen molar-refractivity contribution in [1.82, 2.24) is 5.32 Å². The molecule has 0 amide bonds. The van der Waals surface area contributed by atoms with E-state index >= 15 is 0 Å². The average molecular weight is 240 g/mol. The van der Waals surface area contributed by atoms with Crippen LogP contribution in [0.25, 0.3) is 0 Å². The number of hydrogen-bond acceptors (Lipinski definition) is 2. The lowest BCUT2D eigenvalue weighted by Gasteiger charge is -2.27. The summed E-state index contributed by atoms with van der Waals surface area (Å²) >= 11 is 0. The maximum atomic E-state index is 5.49. The first-order valence-corrected chi connectivity index (χ1v) is 5.76. The van der Waals surface area contributed by atoms with E-state index in [1.54, 1.807) is 7.11 Å². The van der Waals surface area contributed by atoms with Crippen molar-refractivity contribution >= 4 is 12.4 Å². The fraction of sp³-hybridized carbons (Fsp3) is 0.538. The minimum atomic E-state index is 0. The minimum Gasteiger partial charge on any atom is -0.496 e. The first-order chi connectivity index (χ1) is 7.40. The van der Waals surface area contributed by atoms with Gasteiger partial charge in [-0.2, -0.15) is 0 Å². The fourth-order valence-corrected chi connectivity index (χ4v) is 3.17. The normalized spacial score (nSPS) is 26.6. The van der Waals surface area contributed by atoms with E-state index < -0.39 is 0 Å². The van der Waals surface area contributed by atoms with Crippen LogP contribution in [0, 0.1) is 5.92 Å². The molecule has 16 heavy (non-hydrogen) atoms. The van der Waals surface area contributed by atoms with E-state index in [4.69, 9.17) is 4.74 Å². The number of nitrogens with one attached hydrogen (secondary N) is 1. The minimum absolute atomic E-state index is 0. The second-order valence-electron chi connectivity index (χ2n) is 4.60. The summed E-state index contributed by atoms with van der Waals surface area (Å²) in [5.41, 5.74) is 3.00. The predicted octanol–water partition coefficient (Wildman–Crippen LogP) is 2.37. The molecule has 0 bridgehead atoms. The molecule has 0 saturated carbocycles. The van der Waals surface area contributed by atoms with Gasteiger partial charge in [0.2, 0.25) is 0 Å². The van der Waals surface area contributed by atoms with E-state index in [1.165, 1.54) is 30.5 Å². The molecule has 3 heteroatoms. The highest BCUT2D eigenvalue weighted by Gasteiger charge is 2.35. The average Bonchev–Trinajstić information content (AvgIpc) is 2.67. The van der Waals surface area contributed by atoms with E-state index in [2.05, 4.69) is 23.5 Å². The van der Waals surface area contributed by atoms with Crippen LogP contribution < -0.4 is 10.1 Å². The third-order valence-corrected chi connectivity index (χ3v) is 3.84. The van der Waals surface area contributed by atoms with Crippen molar-refractivity contribution in [3.63, 3.8) is 0 Å². The van der Waals surface area contributed by atoms with Gasteiger partial charge in [0.25, 0.3) is 0 Å². The van der Waals surface area contributed by atoms with Gasteiger partial charge in [-0.1, -0.05) is 12.1 Å². The van der Waals surface area contributed by atoms with Gasteiger partial charge in [0, 0.05) is 5.56 Å². The molecule has 1 aliphatic carbocycles. The Morgan fingerprint density at radius 3 is 3.06 bits per heavy atom. The van der Waals surface area contributed by atoms with Crippen LogP contribution >= 0.6 is 12.4 Å². The lowest BCUT2D eigenvalue weighted by Crippen LogP contribution is -2.33. The summed E-state index contributed by atoms with van der Waals surface area (Å²) in [6, 6.07) is 6.47. The summed E-state index contributed by atoms with van der Waals surface area (Å²) in [5.74, 6) is 2.63. The lowest BCUT2D eigenvalue weighted by atomic mass is 9.86. The molecule has 2 nitrogen and oxygen atoms in total. The Bertz CT molecular complexity index is 380. The largest absolute Gasteiger partial charge is 0.496 e. The lowest BCUT2D eigenvalue weighted by molar-refractivity contribution is 0.339. The molecule has 1 aliphatic heterocycles. The Morgan fingerprint density at radius 1 is 1.38 bits per heavy atom. The Labute approximate surface area is 103 Å². The van der Waals surface area contributed by atoms with Crippen LogP contribution in [-0.4, -0.2) is 20.2 Å². The highest BCUT2D eigenvalue weighted by Crippen LogP contribution is 2.45. The first-order valence-electron chi connectivity index (χ1n) is 5.76. The standard InChI is InChI=1S/C13H17NO.ClH/c1-15-12-4-2-3-9-7-10-8-14-6-5-11(10)13(9)12;/h2-4,10-11,14H,5-8H2,1H3;1H/t10-,11-;/m1./s1. The molecule has 0 unspecified atom stereocenters. The molecule has 88 valence electrons. The van der Waals surface area contributed by atoms with Crippen LogP contribution in [0.4, 0.5) is 0 Å². The Balaban J connectivity index is 0.000000963. The van der Waals surface area contributed by atoms with Crippen molar-refractivity contribution in [2.45, 2.75) is 18.8 Å². The van der Waals surface area contributed by atoms with Gasteiger partial charge in [-0.25, -0.2) is 0 Å². The van der Waals surface area contributed by atoms with Crippen LogP contribution in [0.5, 0.6) is 5.75 Å². The molecule has 1 aromatic rings. The highest BCUT2D eigenvalue weighted by molar-refractivity contribution is 5.85. The Morgan fingerprint density at radius 2 is 2.25 bits per heavy atom. The molecule has 2 atom stereocenters. The number of methoxy groups -OCH3 is 1. The van der Waals surface area contributed by atoms with E-state index in [0.717, 1.165) is 24.1 Å². The Kier molecular flexibility index (Phi) is 3.41. The summed E-state index contributed by atoms with van der Waals surface area (Å²) in [7, 11) is 1.78. The molecule has 3 rings (SSSR count). The van der Waals surface area contributed by atoms with Crippen molar-refractivity contribution in [2.75, 3.05) is 20.2 Å². The van der Waals surface area contributed by atoms with Crippen LogP contribution in [-0.2, 0) is 6.42 Å².